The second-order valence-electron chi connectivity index (χ2n) is 2.34. The second kappa shape index (κ2) is 5.35. The predicted octanol–water partition coefficient (Wildman–Crippen LogP) is 0.826. The lowest BCUT2D eigenvalue weighted by atomic mass is 10.0. The van der Waals surface area contributed by atoms with Crippen LogP contribution in [0.1, 0.15) is 12.8 Å². The number of hydrogen-bond donors (Lipinski definition) is 1. The molecule has 0 rings (SSSR count). The fourth-order valence-corrected chi connectivity index (χ4v) is 0.842. The highest BCUT2D eigenvalue weighted by molar-refractivity contribution is 5.79. The lowest BCUT2D eigenvalue weighted by Gasteiger charge is -2.08. The quantitative estimate of drug-likeness (QED) is 0.492. The maximum absolute atomic E-state index is 10.9. The van der Waals surface area contributed by atoms with Gasteiger partial charge in [-0.1, -0.05) is 6.08 Å². The molecule has 0 aromatic heterocycles. The maximum atomic E-state index is 10.9. The van der Waals surface area contributed by atoms with Gasteiger partial charge in [0.05, 0.1) is 19.4 Å². The van der Waals surface area contributed by atoms with Crippen molar-refractivity contribution in [1.82, 2.24) is 0 Å². The van der Waals surface area contributed by atoms with E-state index < -0.39 is 17.9 Å². The van der Waals surface area contributed by atoms with E-state index in [1.165, 1.54) is 13.2 Å². The number of aliphatic carboxylic acids is 1. The van der Waals surface area contributed by atoms with Crippen LogP contribution in [-0.4, -0.2) is 24.2 Å². The fourth-order valence-electron chi connectivity index (χ4n) is 0.842. The third kappa shape index (κ3) is 3.75. The summed E-state index contributed by atoms with van der Waals surface area (Å²) in [6, 6.07) is 0. The molecule has 12 heavy (non-hydrogen) atoms. The highest BCUT2D eigenvalue weighted by atomic mass is 16.5. The van der Waals surface area contributed by atoms with Crippen molar-refractivity contribution in [3.63, 3.8) is 0 Å². The Balaban J connectivity index is 4.11. The first-order chi connectivity index (χ1) is 5.61. The number of rotatable bonds is 5. The Kier molecular flexibility index (Phi) is 4.76. The van der Waals surface area contributed by atoms with Crippen LogP contribution in [0.2, 0.25) is 0 Å². The SMILES string of the molecule is C=CCC(CC(=O)O)C(=O)OC. The Morgan fingerprint density at radius 1 is 1.67 bits per heavy atom. The first-order valence-corrected chi connectivity index (χ1v) is 3.52. The lowest BCUT2D eigenvalue weighted by molar-refractivity contribution is -0.150. The van der Waals surface area contributed by atoms with Crippen LogP contribution in [0.25, 0.3) is 0 Å². The van der Waals surface area contributed by atoms with E-state index in [4.69, 9.17) is 5.11 Å². The molecule has 0 fully saturated rings. The molecule has 4 heteroatoms. The van der Waals surface area contributed by atoms with Crippen molar-refractivity contribution in [2.75, 3.05) is 7.11 Å². The van der Waals surface area contributed by atoms with Gasteiger partial charge in [0.25, 0.3) is 0 Å². The van der Waals surface area contributed by atoms with Gasteiger partial charge in [-0.25, -0.2) is 0 Å². The van der Waals surface area contributed by atoms with E-state index >= 15 is 0 Å². The summed E-state index contributed by atoms with van der Waals surface area (Å²) in [5.74, 6) is -2.12. The zero-order valence-corrected chi connectivity index (χ0v) is 6.95. The van der Waals surface area contributed by atoms with Crippen molar-refractivity contribution in [2.24, 2.45) is 5.92 Å². The average molecular weight is 172 g/mol. The molecule has 4 nitrogen and oxygen atoms in total. The molecule has 0 saturated carbocycles. The summed E-state index contributed by atoms with van der Waals surface area (Å²) in [6.45, 7) is 3.42. The predicted molar refractivity (Wildman–Crippen MR) is 42.6 cm³/mol. The maximum Gasteiger partial charge on any atom is 0.309 e. The van der Waals surface area contributed by atoms with E-state index in [0.29, 0.717) is 6.42 Å². The number of hydrogen-bond acceptors (Lipinski definition) is 3. The smallest absolute Gasteiger partial charge is 0.309 e. The Labute approximate surface area is 70.8 Å². The van der Waals surface area contributed by atoms with Crippen LogP contribution in [-0.2, 0) is 14.3 Å². The molecule has 0 saturated heterocycles. The van der Waals surface area contributed by atoms with Crippen molar-refractivity contribution in [3.05, 3.63) is 12.7 Å². The summed E-state index contributed by atoms with van der Waals surface area (Å²) in [7, 11) is 1.24. The van der Waals surface area contributed by atoms with Crippen LogP contribution >= 0.6 is 0 Å². The highest BCUT2D eigenvalue weighted by Gasteiger charge is 2.20. The minimum Gasteiger partial charge on any atom is -0.481 e. The van der Waals surface area contributed by atoms with Gasteiger partial charge in [-0.15, -0.1) is 6.58 Å². The van der Waals surface area contributed by atoms with Gasteiger partial charge >= 0.3 is 11.9 Å². The monoisotopic (exact) mass is 172 g/mol. The summed E-state index contributed by atoms with van der Waals surface area (Å²) < 4.78 is 4.42. The number of allylic oxidation sites excluding steroid dienone is 1. The van der Waals surface area contributed by atoms with E-state index in [1.807, 2.05) is 0 Å². The molecule has 1 atom stereocenters. The van der Waals surface area contributed by atoms with Crippen molar-refractivity contribution in [3.8, 4) is 0 Å². The summed E-state index contributed by atoms with van der Waals surface area (Å²) >= 11 is 0. The standard InChI is InChI=1S/C8H12O4/c1-3-4-6(5-7(9)10)8(11)12-2/h3,6H,1,4-5H2,2H3,(H,9,10). The van der Waals surface area contributed by atoms with Crippen LogP contribution < -0.4 is 0 Å². The molecule has 0 radical (unpaired) electrons. The van der Waals surface area contributed by atoms with E-state index in [0.717, 1.165) is 0 Å². The number of ether oxygens (including phenoxy) is 1. The molecule has 0 aliphatic heterocycles. The number of carboxylic acid groups (broad SMARTS) is 1. The molecule has 0 aromatic rings. The molecule has 1 N–H and O–H groups in total. The van der Waals surface area contributed by atoms with Gasteiger partial charge in [0.1, 0.15) is 0 Å². The zero-order chi connectivity index (χ0) is 9.56. The molecule has 0 bridgehead atoms. The normalized spacial score (nSPS) is 11.8. The average Bonchev–Trinajstić information content (AvgIpc) is 2.01. The number of carbonyl (C=O) groups excluding carboxylic acids is 1. The molecule has 68 valence electrons. The van der Waals surface area contributed by atoms with Crippen LogP contribution in [0.3, 0.4) is 0 Å². The molecular weight excluding hydrogens is 160 g/mol. The molecule has 0 aliphatic carbocycles. The van der Waals surface area contributed by atoms with Gasteiger partial charge in [-0.3, -0.25) is 9.59 Å². The number of methoxy groups -OCH3 is 1. The van der Waals surface area contributed by atoms with E-state index in [-0.39, 0.29) is 6.42 Å². The molecular formula is C8H12O4. The Morgan fingerprint density at radius 2 is 2.25 bits per heavy atom. The summed E-state index contributed by atoms with van der Waals surface area (Å²) in [6.07, 6.45) is 1.63. The minimum atomic E-state index is -1.01. The van der Waals surface area contributed by atoms with E-state index in [9.17, 15) is 9.59 Å². The second-order valence-corrected chi connectivity index (χ2v) is 2.34. The molecule has 0 spiro atoms. The summed E-state index contributed by atoms with van der Waals surface area (Å²) in [5.41, 5.74) is 0. The van der Waals surface area contributed by atoms with E-state index in [1.54, 1.807) is 0 Å². The number of esters is 1. The number of carboxylic acids is 1. The third-order valence-electron chi connectivity index (χ3n) is 1.41. The van der Waals surface area contributed by atoms with Gasteiger partial charge in [-0.05, 0) is 6.42 Å². The fraction of sp³-hybridized carbons (Fsp3) is 0.500. The molecule has 0 aliphatic rings. The van der Waals surface area contributed by atoms with Crippen molar-refractivity contribution in [2.45, 2.75) is 12.8 Å². The van der Waals surface area contributed by atoms with Crippen LogP contribution in [0, 0.1) is 5.92 Å². The van der Waals surface area contributed by atoms with Crippen LogP contribution in [0.5, 0.6) is 0 Å². The highest BCUT2D eigenvalue weighted by Crippen LogP contribution is 2.10. The van der Waals surface area contributed by atoms with Gasteiger partial charge in [0.15, 0.2) is 0 Å². The van der Waals surface area contributed by atoms with Crippen molar-refractivity contribution in [1.29, 1.82) is 0 Å². The topological polar surface area (TPSA) is 63.6 Å². The van der Waals surface area contributed by atoms with Crippen molar-refractivity contribution >= 4 is 11.9 Å². The van der Waals surface area contributed by atoms with Crippen LogP contribution in [0.4, 0.5) is 0 Å². The minimum absolute atomic E-state index is 0.210. The third-order valence-corrected chi connectivity index (χ3v) is 1.41. The molecule has 0 aromatic carbocycles. The van der Waals surface area contributed by atoms with Gasteiger partial charge in [-0.2, -0.15) is 0 Å². The number of carbonyl (C=O) groups is 2. The zero-order valence-electron chi connectivity index (χ0n) is 6.95. The van der Waals surface area contributed by atoms with Gasteiger partial charge in [0.2, 0.25) is 0 Å². The summed E-state index contributed by atoms with van der Waals surface area (Å²) in [5, 5.41) is 8.41. The molecule has 1 unspecified atom stereocenters. The Hall–Kier alpha value is -1.32. The van der Waals surface area contributed by atoms with Gasteiger partial charge < -0.3 is 9.84 Å². The molecule has 0 amide bonds. The Bertz CT molecular complexity index is 185. The Morgan fingerprint density at radius 3 is 2.58 bits per heavy atom. The van der Waals surface area contributed by atoms with E-state index in [2.05, 4.69) is 11.3 Å². The van der Waals surface area contributed by atoms with Gasteiger partial charge in [0, 0.05) is 0 Å². The summed E-state index contributed by atoms with van der Waals surface area (Å²) in [4.78, 5) is 21.2. The largest absolute Gasteiger partial charge is 0.481 e. The molecule has 0 heterocycles. The van der Waals surface area contributed by atoms with Crippen molar-refractivity contribution < 1.29 is 19.4 Å². The first kappa shape index (κ1) is 10.7. The van der Waals surface area contributed by atoms with Crippen LogP contribution in [0.15, 0.2) is 12.7 Å². The lowest BCUT2D eigenvalue weighted by Crippen LogP contribution is -2.19. The first-order valence-electron chi connectivity index (χ1n) is 3.52.